The van der Waals surface area contributed by atoms with Crippen molar-refractivity contribution in [1.29, 1.82) is 0 Å². The van der Waals surface area contributed by atoms with Crippen molar-refractivity contribution in [3.05, 3.63) is 0 Å². The molecule has 0 radical (unpaired) electrons. The first-order valence-electron chi connectivity index (χ1n) is 42.5. The first kappa shape index (κ1) is 99.1. The largest absolute Gasteiger partial charge is 0.472 e. The zero-order valence-corrected chi connectivity index (χ0v) is 68.0. The average molecular weight is 1480 g/mol. The van der Waals surface area contributed by atoms with Crippen molar-refractivity contribution in [3.63, 3.8) is 0 Å². The molecule has 0 aliphatic heterocycles. The van der Waals surface area contributed by atoms with E-state index >= 15 is 0 Å². The maximum absolute atomic E-state index is 13.1. The van der Waals surface area contributed by atoms with Crippen LogP contribution in [0, 0.1) is 11.8 Å². The molecule has 0 aromatic heterocycles. The normalized spacial score (nSPS) is 13.9. The molecule has 0 rings (SSSR count). The van der Waals surface area contributed by atoms with Crippen molar-refractivity contribution in [2.75, 3.05) is 39.6 Å². The molecule has 0 fully saturated rings. The number of phosphoric ester groups is 2. The summed E-state index contributed by atoms with van der Waals surface area (Å²) < 4.78 is 68.6. The van der Waals surface area contributed by atoms with E-state index in [9.17, 15) is 43.2 Å². The quantitative estimate of drug-likeness (QED) is 0.0222. The van der Waals surface area contributed by atoms with E-state index in [-0.39, 0.29) is 25.7 Å². The van der Waals surface area contributed by atoms with E-state index < -0.39 is 97.5 Å². The molecule has 0 aromatic rings. The number of esters is 4. The summed E-state index contributed by atoms with van der Waals surface area (Å²) >= 11 is 0. The Hall–Kier alpha value is -1.94. The topological polar surface area (TPSA) is 237 Å². The van der Waals surface area contributed by atoms with E-state index in [4.69, 9.17) is 37.0 Å². The van der Waals surface area contributed by atoms with Crippen LogP contribution in [-0.4, -0.2) is 96.7 Å². The van der Waals surface area contributed by atoms with Gasteiger partial charge < -0.3 is 33.8 Å². The number of carbonyl (C=O) groups excluding carboxylic acids is 4. The van der Waals surface area contributed by atoms with Gasteiger partial charge in [-0.3, -0.25) is 37.3 Å². The molecule has 600 valence electrons. The number of rotatable bonds is 81. The predicted molar refractivity (Wildman–Crippen MR) is 414 cm³/mol. The highest BCUT2D eigenvalue weighted by atomic mass is 31.2. The summed E-state index contributed by atoms with van der Waals surface area (Å²) in [5.41, 5.74) is 0. The number of hydrogen-bond acceptors (Lipinski definition) is 15. The SMILES string of the molecule is CCCCCCCCCCCCCCCCCCCCCCCCC(=O)O[C@H](COC(=O)CCCCCCCCCCCCCCCCCCCCC(C)C)COP(=O)(O)OC[C@@H](O)COP(=O)(O)OC[C@@H](COC(=O)CCCCCCCCCC)OC(=O)CCCCCCCCCC(C)C. The van der Waals surface area contributed by atoms with Gasteiger partial charge in [0.15, 0.2) is 12.2 Å². The minimum absolute atomic E-state index is 0.104. The Balaban J connectivity index is 5.14. The number of hydrogen-bond donors (Lipinski definition) is 3. The lowest BCUT2D eigenvalue weighted by Crippen LogP contribution is -2.30. The highest BCUT2D eigenvalue weighted by molar-refractivity contribution is 7.47. The molecular weight excluding hydrogens is 1320 g/mol. The van der Waals surface area contributed by atoms with Gasteiger partial charge >= 0.3 is 39.5 Å². The first-order valence-corrected chi connectivity index (χ1v) is 45.5. The van der Waals surface area contributed by atoms with Crippen molar-refractivity contribution < 1.29 is 80.2 Å². The molecule has 101 heavy (non-hydrogen) atoms. The fourth-order valence-electron chi connectivity index (χ4n) is 12.7. The molecule has 0 spiro atoms. The summed E-state index contributed by atoms with van der Waals surface area (Å²) in [6.07, 6.45) is 64.4. The summed E-state index contributed by atoms with van der Waals surface area (Å²) in [4.78, 5) is 72.8. The predicted octanol–water partition coefficient (Wildman–Crippen LogP) is 24.7. The van der Waals surface area contributed by atoms with Crippen molar-refractivity contribution in [2.24, 2.45) is 11.8 Å². The van der Waals surface area contributed by atoms with Crippen LogP contribution in [0.5, 0.6) is 0 Å². The summed E-state index contributed by atoms with van der Waals surface area (Å²) in [5, 5.41) is 10.6. The molecule has 0 bridgehead atoms. The lowest BCUT2D eigenvalue weighted by atomic mass is 10.0. The van der Waals surface area contributed by atoms with Crippen LogP contribution in [0.2, 0.25) is 0 Å². The molecule has 0 saturated carbocycles. The van der Waals surface area contributed by atoms with E-state index in [2.05, 4.69) is 41.5 Å². The van der Waals surface area contributed by atoms with Gasteiger partial charge in [0.2, 0.25) is 0 Å². The van der Waals surface area contributed by atoms with E-state index in [1.807, 2.05) is 0 Å². The van der Waals surface area contributed by atoms with Gasteiger partial charge in [-0.15, -0.1) is 0 Å². The van der Waals surface area contributed by atoms with Gasteiger partial charge in [-0.1, -0.05) is 382 Å². The summed E-state index contributed by atoms with van der Waals surface area (Å²) in [7, 11) is -9.91. The minimum atomic E-state index is -4.96. The van der Waals surface area contributed by atoms with Crippen molar-refractivity contribution in [2.45, 2.75) is 452 Å². The van der Waals surface area contributed by atoms with E-state index in [0.717, 1.165) is 102 Å². The number of carbonyl (C=O) groups is 4. The zero-order chi connectivity index (χ0) is 74.2. The second-order valence-corrected chi connectivity index (χ2v) is 33.4. The number of ether oxygens (including phenoxy) is 4. The molecule has 5 atom stereocenters. The minimum Gasteiger partial charge on any atom is -0.462 e. The Bertz CT molecular complexity index is 1940. The van der Waals surface area contributed by atoms with Gasteiger partial charge in [-0.05, 0) is 37.5 Å². The van der Waals surface area contributed by atoms with Crippen molar-refractivity contribution >= 4 is 39.5 Å². The maximum Gasteiger partial charge on any atom is 0.472 e. The second kappa shape index (κ2) is 73.6. The fourth-order valence-corrected chi connectivity index (χ4v) is 14.3. The maximum atomic E-state index is 13.1. The highest BCUT2D eigenvalue weighted by Gasteiger charge is 2.30. The lowest BCUT2D eigenvalue weighted by molar-refractivity contribution is -0.161. The van der Waals surface area contributed by atoms with Crippen molar-refractivity contribution in [3.8, 4) is 0 Å². The molecule has 0 aliphatic rings. The summed E-state index contributed by atoms with van der Waals surface area (Å²) in [6, 6.07) is 0. The van der Waals surface area contributed by atoms with Gasteiger partial charge in [0, 0.05) is 25.7 Å². The molecular formula is C82H160O17P2. The Morgan fingerprint density at radius 3 is 0.673 bits per heavy atom. The summed E-state index contributed by atoms with van der Waals surface area (Å²) in [6.45, 7) is 9.57. The van der Waals surface area contributed by atoms with Crippen LogP contribution in [0.3, 0.4) is 0 Å². The van der Waals surface area contributed by atoms with Crippen LogP contribution in [0.25, 0.3) is 0 Å². The highest BCUT2D eigenvalue weighted by Crippen LogP contribution is 2.45. The van der Waals surface area contributed by atoms with E-state index in [1.165, 1.54) is 244 Å². The van der Waals surface area contributed by atoms with Gasteiger partial charge in [0.05, 0.1) is 26.4 Å². The monoisotopic (exact) mass is 1480 g/mol. The third-order valence-electron chi connectivity index (χ3n) is 19.2. The molecule has 2 unspecified atom stereocenters. The number of unbranched alkanes of at least 4 members (excludes halogenated alkanes) is 51. The Morgan fingerprint density at radius 2 is 0.455 bits per heavy atom. The Morgan fingerprint density at radius 1 is 0.267 bits per heavy atom. The molecule has 0 aliphatic carbocycles. The standard InChI is InChI=1S/C82H160O17P2/c1-7-9-11-13-15-17-18-19-20-21-22-23-24-25-30-33-36-39-42-48-54-60-66-81(86)98-77(71-93-80(85)65-59-53-47-41-38-35-32-29-27-26-28-31-34-37-40-44-50-56-62-74(3)4)72-96-100(88,89)94-68-76(83)69-95-101(90,91)97-73-78(70-92-79(84)64-58-52-46-16-14-12-10-8-2)99-82(87)67-61-55-49-43-45-51-57-63-75(5)6/h74-78,83H,7-73H2,1-6H3,(H,88,89)(H,90,91)/t76-,77-,78-/m1/s1. The molecule has 0 heterocycles. The second-order valence-electron chi connectivity index (χ2n) is 30.5. The van der Waals surface area contributed by atoms with E-state index in [0.29, 0.717) is 31.6 Å². The zero-order valence-electron chi connectivity index (χ0n) is 66.2. The van der Waals surface area contributed by atoms with E-state index in [1.54, 1.807) is 0 Å². The van der Waals surface area contributed by atoms with Crippen LogP contribution in [-0.2, 0) is 65.4 Å². The molecule has 0 saturated heterocycles. The van der Waals surface area contributed by atoms with Crippen LogP contribution in [0.1, 0.15) is 433 Å². The van der Waals surface area contributed by atoms with Gasteiger partial charge in [-0.2, -0.15) is 0 Å². The summed E-state index contributed by atoms with van der Waals surface area (Å²) in [5.74, 6) is -0.596. The Labute approximate surface area is 619 Å². The van der Waals surface area contributed by atoms with Gasteiger partial charge in [0.25, 0.3) is 0 Å². The van der Waals surface area contributed by atoms with Gasteiger partial charge in [0.1, 0.15) is 19.3 Å². The van der Waals surface area contributed by atoms with Crippen LogP contribution >= 0.6 is 15.6 Å². The average Bonchev–Trinajstić information content (AvgIpc) is 0.998. The number of phosphoric acid groups is 2. The fraction of sp³-hybridized carbons (Fsp3) is 0.951. The van der Waals surface area contributed by atoms with Crippen LogP contribution in [0.15, 0.2) is 0 Å². The molecule has 3 N–H and O–H groups in total. The third kappa shape index (κ3) is 76.1. The first-order chi connectivity index (χ1) is 48.9. The van der Waals surface area contributed by atoms with Gasteiger partial charge in [-0.25, -0.2) is 9.13 Å². The molecule has 0 aromatic carbocycles. The smallest absolute Gasteiger partial charge is 0.462 e. The molecule has 0 amide bonds. The lowest BCUT2D eigenvalue weighted by Gasteiger charge is -2.21. The molecule has 19 heteroatoms. The molecule has 17 nitrogen and oxygen atoms in total. The third-order valence-corrected chi connectivity index (χ3v) is 21.1. The van der Waals surface area contributed by atoms with Crippen molar-refractivity contribution in [1.82, 2.24) is 0 Å². The number of aliphatic hydroxyl groups excluding tert-OH is 1. The van der Waals surface area contributed by atoms with Crippen LogP contribution < -0.4 is 0 Å². The number of aliphatic hydroxyl groups is 1. The van der Waals surface area contributed by atoms with Crippen LogP contribution in [0.4, 0.5) is 0 Å². The Kier molecular flexibility index (Phi) is 72.2.